The first-order valence-electron chi connectivity index (χ1n) is 7.96. The highest BCUT2D eigenvalue weighted by molar-refractivity contribution is 6.39. The van der Waals surface area contributed by atoms with Gasteiger partial charge in [0.2, 0.25) is 0 Å². The third-order valence-corrected chi connectivity index (χ3v) is 3.85. The molecule has 0 saturated carbocycles. The number of aliphatic hydroxyl groups is 1. The number of methoxy groups -OCH3 is 2. The summed E-state index contributed by atoms with van der Waals surface area (Å²) in [6, 6.07) is 13.7. The van der Waals surface area contributed by atoms with Crippen molar-refractivity contribution in [3.8, 4) is 11.5 Å². The van der Waals surface area contributed by atoms with E-state index in [9.17, 15) is 14.7 Å². The maximum Gasteiger partial charge on any atom is 0.313 e. The van der Waals surface area contributed by atoms with E-state index in [2.05, 4.69) is 10.6 Å². The second-order valence-electron chi connectivity index (χ2n) is 5.84. The molecule has 2 rings (SSSR count). The molecule has 0 spiro atoms. The third kappa shape index (κ3) is 4.73. The summed E-state index contributed by atoms with van der Waals surface area (Å²) in [6.45, 7) is 1.45. The summed E-state index contributed by atoms with van der Waals surface area (Å²) in [7, 11) is 2.94. The molecule has 26 heavy (non-hydrogen) atoms. The lowest BCUT2D eigenvalue weighted by atomic mass is 9.96. The summed E-state index contributed by atoms with van der Waals surface area (Å²) in [5, 5.41) is 15.4. The molecule has 0 fully saturated rings. The smallest absolute Gasteiger partial charge is 0.313 e. The van der Waals surface area contributed by atoms with Crippen molar-refractivity contribution in [2.45, 2.75) is 12.5 Å². The number of rotatable bonds is 6. The molecule has 0 aliphatic rings. The normalized spacial score (nSPS) is 12.6. The van der Waals surface area contributed by atoms with Gasteiger partial charge in [-0.1, -0.05) is 30.3 Å². The molecule has 2 aromatic carbocycles. The van der Waals surface area contributed by atoms with Crippen LogP contribution in [0.15, 0.2) is 48.5 Å². The van der Waals surface area contributed by atoms with Gasteiger partial charge in [-0.15, -0.1) is 0 Å². The minimum Gasteiger partial charge on any atom is -0.497 e. The fourth-order valence-electron chi connectivity index (χ4n) is 2.32. The Labute approximate surface area is 151 Å². The van der Waals surface area contributed by atoms with Gasteiger partial charge in [0.25, 0.3) is 0 Å². The summed E-state index contributed by atoms with van der Waals surface area (Å²) < 4.78 is 10.3. The number of carbonyl (C=O) groups is 2. The van der Waals surface area contributed by atoms with Crippen molar-refractivity contribution in [2.24, 2.45) is 0 Å². The van der Waals surface area contributed by atoms with Crippen LogP contribution in [0.5, 0.6) is 11.5 Å². The lowest BCUT2D eigenvalue weighted by Gasteiger charge is -2.24. The van der Waals surface area contributed by atoms with Crippen molar-refractivity contribution < 1.29 is 24.2 Å². The fraction of sp³-hybridized carbons (Fsp3) is 0.263. The molecule has 138 valence electrons. The number of nitrogens with one attached hydrogen (secondary N) is 2. The maximum absolute atomic E-state index is 12.1. The van der Waals surface area contributed by atoms with E-state index in [0.717, 1.165) is 0 Å². The standard InChI is InChI=1S/C19H22N2O5/c1-19(24,13-7-5-4-6-8-13)12-20-17(22)18(23)21-15-11-14(25-2)9-10-16(15)26-3/h4-11,24H,12H2,1-3H3,(H,20,22)(H,21,23). The molecular formula is C19H22N2O5. The molecule has 0 bridgehead atoms. The quantitative estimate of drug-likeness (QED) is 0.683. The minimum absolute atomic E-state index is 0.113. The van der Waals surface area contributed by atoms with Gasteiger partial charge in [-0.05, 0) is 24.6 Å². The second kappa shape index (κ2) is 8.35. The molecule has 1 atom stereocenters. The Hall–Kier alpha value is -3.06. The predicted octanol–water partition coefficient (Wildman–Crippen LogP) is 1.67. The molecule has 0 radical (unpaired) electrons. The summed E-state index contributed by atoms with van der Waals surface area (Å²) >= 11 is 0. The van der Waals surface area contributed by atoms with Gasteiger partial charge in [0.05, 0.1) is 26.5 Å². The van der Waals surface area contributed by atoms with Gasteiger partial charge >= 0.3 is 11.8 Å². The highest BCUT2D eigenvalue weighted by Crippen LogP contribution is 2.28. The average molecular weight is 358 g/mol. The van der Waals surface area contributed by atoms with Gasteiger partial charge in [0, 0.05) is 6.07 Å². The lowest BCUT2D eigenvalue weighted by molar-refractivity contribution is -0.136. The highest BCUT2D eigenvalue weighted by atomic mass is 16.5. The second-order valence-corrected chi connectivity index (χ2v) is 5.84. The molecule has 7 nitrogen and oxygen atoms in total. The zero-order chi connectivity index (χ0) is 19.2. The first kappa shape index (κ1) is 19.3. The van der Waals surface area contributed by atoms with Crippen LogP contribution in [0.25, 0.3) is 0 Å². The van der Waals surface area contributed by atoms with E-state index in [1.165, 1.54) is 14.2 Å². The van der Waals surface area contributed by atoms with Gasteiger partial charge in [-0.2, -0.15) is 0 Å². The van der Waals surface area contributed by atoms with Crippen molar-refractivity contribution in [3.05, 3.63) is 54.1 Å². The predicted molar refractivity (Wildman–Crippen MR) is 97.2 cm³/mol. The first-order valence-corrected chi connectivity index (χ1v) is 7.96. The Morgan fingerprint density at radius 3 is 2.35 bits per heavy atom. The van der Waals surface area contributed by atoms with Crippen LogP contribution in [0, 0.1) is 0 Å². The highest BCUT2D eigenvalue weighted by Gasteiger charge is 2.25. The van der Waals surface area contributed by atoms with Crippen LogP contribution in [0.2, 0.25) is 0 Å². The minimum atomic E-state index is -1.30. The molecule has 0 aromatic heterocycles. The van der Waals surface area contributed by atoms with Gasteiger partial charge in [-0.3, -0.25) is 9.59 Å². The molecule has 1 unspecified atom stereocenters. The van der Waals surface area contributed by atoms with Crippen LogP contribution in [-0.2, 0) is 15.2 Å². The van der Waals surface area contributed by atoms with Gasteiger partial charge in [-0.25, -0.2) is 0 Å². The van der Waals surface area contributed by atoms with Crippen molar-refractivity contribution in [1.82, 2.24) is 5.32 Å². The SMILES string of the molecule is COc1ccc(OC)c(NC(=O)C(=O)NCC(C)(O)c2ccccc2)c1. The number of hydrogen-bond donors (Lipinski definition) is 3. The summed E-state index contributed by atoms with van der Waals surface area (Å²) in [5.74, 6) is -0.844. The molecule has 2 aromatic rings. The number of hydrogen-bond acceptors (Lipinski definition) is 5. The average Bonchev–Trinajstić information content (AvgIpc) is 2.66. The molecule has 0 saturated heterocycles. The number of amides is 2. The number of ether oxygens (including phenoxy) is 2. The van der Waals surface area contributed by atoms with Crippen LogP contribution in [0.4, 0.5) is 5.69 Å². The number of benzene rings is 2. The Morgan fingerprint density at radius 1 is 1.04 bits per heavy atom. The molecule has 0 aliphatic heterocycles. The van der Waals surface area contributed by atoms with Crippen LogP contribution in [0.1, 0.15) is 12.5 Å². The zero-order valence-electron chi connectivity index (χ0n) is 14.9. The van der Waals surface area contributed by atoms with E-state index in [1.807, 2.05) is 6.07 Å². The number of carbonyl (C=O) groups excluding carboxylic acids is 2. The van der Waals surface area contributed by atoms with Crippen molar-refractivity contribution in [3.63, 3.8) is 0 Å². The number of anilines is 1. The van der Waals surface area contributed by atoms with E-state index in [4.69, 9.17) is 9.47 Å². The maximum atomic E-state index is 12.1. The van der Waals surface area contributed by atoms with E-state index in [-0.39, 0.29) is 6.54 Å². The summed E-state index contributed by atoms with van der Waals surface area (Å²) in [4.78, 5) is 24.2. The van der Waals surface area contributed by atoms with E-state index in [1.54, 1.807) is 49.4 Å². The third-order valence-electron chi connectivity index (χ3n) is 3.85. The van der Waals surface area contributed by atoms with Gasteiger partial charge in [0.15, 0.2) is 0 Å². The molecule has 0 heterocycles. The summed E-state index contributed by atoms with van der Waals surface area (Å²) in [6.07, 6.45) is 0. The Morgan fingerprint density at radius 2 is 1.73 bits per heavy atom. The van der Waals surface area contributed by atoms with E-state index >= 15 is 0 Å². The van der Waals surface area contributed by atoms with Crippen LogP contribution < -0.4 is 20.1 Å². The van der Waals surface area contributed by atoms with Crippen molar-refractivity contribution in [2.75, 3.05) is 26.1 Å². The van der Waals surface area contributed by atoms with Crippen LogP contribution in [-0.4, -0.2) is 37.7 Å². The topological polar surface area (TPSA) is 96.9 Å². The van der Waals surface area contributed by atoms with E-state index < -0.39 is 17.4 Å². The van der Waals surface area contributed by atoms with Crippen LogP contribution >= 0.6 is 0 Å². The summed E-state index contributed by atoms with van der Waals surface area (Å²) in [5.41, 5.74) is -0.359. The first-order chi connectivity index (χ1) is 12.4. The molecule has 3 N–H and O–H groups in total. The molecule has 0 aliphatic carbocycles. The monoisotopic (exact) mass is 358 g/mol. The molecular weight excluding hydrogens is 336 g/mol. The Bertz CT molecular complexity index is 775. The molecule has 7 heteroatoms. The largest absolute Gasteiger partial charge is 0.497 e. The van der Waals surface area contributed by atoms with Crippen LogP contribution in [0.3, 0.4) is 0 Å². The molecule has 2 amide bonds. The Kier molecular flexibility index (Phi) is 6.19. The zero-order valence-corrected chi connectivity index (χ0v) is 14.9. The fourth-order valence-corrected chi connectivity index (χ4v) is 2.32. The van der Waals surface area contributed by atoms with Gasteiger partial charge in [0.1, 0.15) is 17.1 Å². The van der Waals surface area contributed by atoms with Crippen molar-refractivity contribution >= 4 is 17.5 Å². The van der Waals surface area contributed by atoms with E-state index in [0.29, 0.717) is 22.7 Å². The van der Waals surface area contributed by atoms with Gasteiger partial charge < -0.3 is 25.2 Å². The Balaban J connectivity index is 2.01. The van der Waals surface area contributed by atoms with Crippen molar-refractivity contribution in [1.29, 1.82) is 0 Å². The lowest BCUT2D eigenvalue weighted by Crippen LogP contribution is -2.43.